The van der Waals surface area contributed by atoms with Crippen molar-refractivity contribution in [2.24, 2.45) is 5.10 Å². The van der Waals surface area contributed by atoms with Crippen molar-refractivity contribution in [3.05, 3.63) is 93.0 Å². The number of hydrogen-bond donors (Lipinski definition) is 1. The quantitative estimate of drug-likeness (QED) is 0.587. The van der Waals surface area contributed by atoms with Crippen LogP contribution in [0.1, 0.15) is 28.5 Å². The lowest BCUT2D eigenvalue weighted by molar-refractivity contribution is -0.0949. The molecule has 3 aromatic rings. The van der Waals surface area contributed by atoms with E-state index in [1.165, 1.54) is 11.8 Å². The molecule has 6 rings (SSSR count). The van der Waals surface area contributed by atoms with Crippen LogP contribution in [0.3, 0.4) is 0 Å². The van der Waals surface area contributed by atoms with Gasteiger partial charge in [0.25, 0.3) is 5.24 Å². The van der Waals surface area contributed by atoms with E-state index in [4.69, 9.17) is 9.84 Å². The highest BCUT2D eigenvalue weighted by atomic mass is 32.2. The SMILES string of the molecule is O=C1NC2(Oc3ccccc3C3CC(c4ccccc4)=NN32)/C(=C/c2cccs2)S1. The van der Waals surface area contributed by atoms with Crippen molar-refractivity contribution in [2.45, 2.75) is 18.3 Å². The Morgan fingerprint density at radius 2 is 1.93 bits per heavy atom. The van der Waals surface area contributed by atoms with Gasteiger partial charge in [0.15, 0.2) is 0 Å². The molecule has 2 atom stereocenters. The monoisotopic (exact) mass is 431 g/mol. The highest BCUT2D eigenvalue weighted by molar-refractivity contribution is 8.17. The molecule has 0 bridgehead atoms. The number of amides is 1. The van der Waals surface area contributed by atoms with Crippen molar-refractivity contribution >= 4 is 40.1 Å². The van der Waals surface area contributed by atoms with E-state index >= 15 is 0 Å². The molecule has 7 heteroatoms. The number of thioether (sulfide) groups is 1. The first-order valence-electron chi connectivity index (χ1n) is 9.69. The molecule has 3 aliphatic rings. The summed E-state index contributed by atoms with van der Waals surface area (Å²) in [7, 11) is 0. The number of hydrogen-bond acceptors (Lipinski definition) is 6. The normalized spacial score (nSPS) is 25.7. The Kier molecular flexibility index (Phi) is 4.01. The lowest BCUT2D eigenvalue weighted by Gasteiger charge is -2.45. The fourth-order valence-electron chi connectivity index (χ4n) is 4.17. The summed E-state index contributed by atoms with van der Waals surface area (Å²) in [5.74, 6) is -0.357. The molecule has 0 radical (unpaired) electrons. The van der Waals surface area contributed by atoms with Gasteiger partial charge in [-0.15, -0.1) is 11.3 Å². The molecule has 0 saturated carbocycles. The van der Waals surface area contributed by atoms with Gasteiger partial charge in [0, 0.05) is 16.9 Å². The number of carbonyl (C=O) groups excluding carboxylic acids is 1. The van der Waals surface area contributed by atoms with Gasteiger partial charge in [-0.25, -0.2) is 5.01 Å². The van der Waals surface area contributed by atoms with Crippen LogP contribution in [0.15, 0.2) is 82.1 Å². The number of nitrogens with zero attached hydrogens (tertiary/aromatic N) is 2. The van der Waals surface area contributed by atoms with E-state index in [0.717, 1.165) is 38.8 Å². The van der Waals surface area contributed by atoms with Crippen molar-refractivity contribution in [1.82, 2.24) is 10.3 Å². The maximum Gasteiger partial charge on any atom is 0.314 e. The summed E-state index contributed by atoms with van der Waals surface area (Å²) in [6, 6.07) is 22.2. The summed E-state index contributed by atoms with van der Waals surface area (Å²) < 4.78 is 6.51. The Balaban J connectivity index is 1.53. The summed E-state index contributed by atoms with van der Waals surface area (Å²) in [6.07, 6.45) is 2.77. The zero-order chi connectivity index (χ0) is 20.1. The molecule has 30 heavy (non-hydrogen) atoms. The number of benzene rings is 2. The van der Waals surface area contributed by atoms with Crippen LogP contribution in [0, 0.1) is 0 Å². The van der Waals surface area contributed by atoms with Gasteiger partial charge in [0.2, 0.25) is 0 Å². The van der Waals surface area contributed by atoms with Crippen LogP contribution in [0.25, 0.3) is 6.08 Å². The van der Waals surface area contributed by atoms with Crippen molar-refractivity contribution < 1.29 is 9.53 Å². The number of ether oxygens (including phenoxy) is 1. The minimum atomic E-state index is -1.14. The van der Waals surface area contributed by atoms with Crippen LogP contribution < -0.4 is 10.1 Å². The molecule has 1 amide bonds. The van der Waals surface area contributed by atoms with Crippen LogP contribution in [0.2, 0.25) is 0 Å². The third-order valence-electron chi connectivity index (χ3n) is 5.50. The Morgan fingerprint density at radius 1 is 1.10 bits per heavy atom. The standard InChI is InChI=1S/C23H17N3O2S2/c27-22-24-23(21(30-22)13-16-9-6-12-29-16)26-19(17-10-4-5-11-20(17)28-23)14-18(25-26)15-7-2-1-3-8-15/h1-13,19H,14H2,(H,24,27)/b21-13-. The van der Waals surface area contributed by atoms with Crippen LogP contribution in [0.5, 0.6) is 5.75 Å². The van der Waals surface area contributed by atoms with Gasteiger partial charge >= 0.3 is 5.85 Å². The lowest BCUT2D eigenvalue weighted by atomic mass is 9.96. The summed E-state index contributed by atoms with van der Waals surface area (Å²) in [5, 5.41) is 11.9. The molecule has 1 spiro atoms. The average Bonchev–Trinajstić information content (AvgIpc) is 3.50. The van der Waals surface area contributed by atoms with E-state index in [0.29, 0.717) is 0 Å². The van der Waals surface area contributed by atoms with Crippen molar-refractivity contribution in [2.75, 3.05) is 0 Å². The first-order chi connectivity index (χ1) is 14.7. The Morgan fingerprint density at radius 3 is 2.77 bits per heavy atom. The summed E-state index contributed by atoms with van der Waals surface area (Å²) in [6.45, 7) is 0. The number of thiophene rings is 1. The van der Waals surface area contributed by atoms with Crippen molar-refractivity contribution in [3.63, 3.8) is 0 Å². The maximum absolute atomic E-state index is 12.6. The van der Waals surface area contributed by atoms with Crippen molar-refractivity contribution in [3.8, 4) is 5.75 Å². The predicted octanol–water partition coefficient (Wildman–Crippen LogP) is 5.44. The second-order valence-electron chi connectivity index (χ2n) is 7.30. The van der Waals surface area contributed by atoms with Crippen LogP contribution in [-0.4, -0.2) is 21.8 Å². The molecular weight excluding hydrogens is 414 g/mol. The minimum absolute atomic E-state index is 0.0177. The number of rotatable bonds is 2. The van der Waals surface area contributed by atoms with Crippen molar-refractivity contribution in [1.29, 1.82) is 0 Å². The summed E-state index contributed by atoms with van der Waals surface area (Å²) in [5.41, 5.74) is 3.15. The molecule has 1 fully saturated rings. The molecule has 1 N–H and O–H groups in total. The lowest BCUT2D eigenvalue weighted by Crippen LogP contribution is -2.61. The van der Waals surface area contributed by atoms with Crippen LogP contribution >= 0.6 is 23.1 Å². The Bertz CT molecular complexity index is 1190. The number of carbonyl (C=O) groups is 1. The molecular formula is C23H17N3O2S2. The first kappa shape index (κ1) is 17.8. The second kappa shape index (κ2) is 6.75. The average molecular weight is 432 g/mol. The maximum atomic E-state index is 12.6. The fourth-order valence-corrected chi connectivity index (χ4v) is 5.80. The fraction of sp³-hybridized carbons (Fsp3) is 0.130. The minimum Gasteiger partial charge on any atom is -0.444 e. The number of fused-ring (bicyclic) bond motifs is 4. The van der Waals surface area contributed by atoms with E-state index in [2.05, 4.69) is 23.5 Å². The molecule has 1 aromatic heterocycles. The zero-order valence-electron chi connectivity index (χ0n) is 15.8. The smallest absolute Gasteiger partial charge is 0.314 e. The third-order valence-corrected chi connectivity index (χ3v) is 7.22. The van der Waals surface area contributed by atoms with Gasteiger partial charge < -0.3 is 4.74 Å². The molecule has 3 aliphatic heterocycles. The molecule has 5 nitrogen and oxygen atoms in total. The van der Waals surface area contributed by atoms with Gasteiger partial charge in [-0.2, -0.15) is 5.10 Å². The Hall–Kier alpha value is -3.03. The molecule has 0 aliphatic carbocycles. The van der Waals surface area contributed by atoms with Crippen LogP contribution in [0.4, 0.5) is 4.79 Å². The molecule has 2 unspecified atom stereocenters. The number of para-hydroxylation sites is 1. The summed E-state index contributed by atoms with van der Waals surface area (Å²) in [4.78, 5) is 14.4. The van der Waals surface area contributed by atoms with E-state index in [1.54, 1.807) is 11.3 Å². The van der Waals surface area contributed by atoms with Gasteiger partial charge in [0.1, 0.15) is 5.75 Å². The van der Waals surface area contributed by atoms with E-state index in [9.17, 15) is 4.79 Å². The predicted molar refractivity (Wildman–Crippen MR) is 120 cm³/mol. The molecule has 148 valence electrons. The molecule has 1 saturated heterocycles. The third kappa shape index (κ3) is 2.69. The number of hydrazone groups is 1. The highest BCUT2D eigenvalue weighted by Crippen LogP contribution is 2.52. The Labute approximate surface area is 182 Å². The largest absolute Gasteiger partial charge is 0.444 e. The van der Waals surface area contributed by atoms with E-state index in [-0.39, 0.29) is 11.3 Å². The van der Waals surface area contributed by atoms with Gasteiger partial charge in [0.05, 0.1) is 16.7 Å². The highest BCUT2D eigenvalue weighted by Gasteiger charge is 2.58. The van der Waals surface area contributed by atoms with Crippen LogP contribution in [-0.2, 0) is 0 Å². The zero-order valence-corrected chi connectivity index (χ0v) is 17.5. The van der Waals surface area contributed by atoms with Gasteiger partial charge in [-0.05, 0) is 40.9 Å². The van der Waals surface area contributed by atoms with E-state index < -0.39 is 5.85 Å². The van der Waals surface area contributed by atoms with Gasteiger partial charge in [-0.1, -0.05) is 54.6 Å². The van der Waals surface area contributed by atoms with E-state index in [1.807, 2.05) is 65.0 Å². The molecule has 4 heterocycles. The van der Waals surface area contributed by atoms with Gasteiger partial charge in [-0.3, -0.25) is 10.1 Å². The topological polar surface area (TPSA) is 53.9 Å². The molecule has 2 aromatic carbocycles. The summed E-state index contributed by atoms with van der Waals surface area (Å²) >= 11 is 2.80. The number of nitrogens with one attached hydrogen (secondary N) is 1. The first-order valence-corrected chi connectivity index (χ1v) is 11.4. The second-order valence-corrected chi connectivity index (χ2v) is 9.29.